The molecule has 0 aliphatic rings. The summed E-state index contributed by atoms with van der Waals surface area (Å²) < 4.78 is 4.14. The Labute approximate surface area is 66.4 Å². The first-order valence-corrected chi connectivity index (χ1v) is 2.74. The topological polar surface area (TPSA) is 108 Å². The number of hydrogen-bond donors (Lipinski definition) is 3. The molecule has 0 heterocycles. The molecule has 0 radical (unpaired) electrons. The molecule has 5 nitrogen and oxygen atoms in total. The molecule has 0 bridgehead atoms. The molecule has 5 heteroatoms. The van der Waals surface area contributed by atoms with Crippen LogP contribution >= 0.6 is 0 Å². The van der Waals surface area contributed by atoms with Crippen LogP contribution < -0.4 is 11.9 Å². The second-order valence-electron chi connectivity index (χ2n) is 1.24. The Kier molecular flexibility index (Phi) is 24.2. The maximum absolute atomic E-state index is 9.84. The number of ether oxygens (including phenoxy) is 1. The standard InChI is InChI=1S/C4H6O2.C2H7NO.H3N/c1-3-4(5)6-2;3-1-2-4;/h3H,1H2,2H3;4H,1-3H2;1H3. The van der Waals surface area contributed by atoms with Gasteiger partial charge >= 0.3 is 5.97 Å². The van der Waals surface area contributed by atoms with Crippen molar-refractivity contribution in [2.24, 2.45) is 5.73 Å². The third-order valence-electron chi connectivity index (χ3n) is 0.497. The Morgan fingerprint density at radius 2 is 2.18 bits per heavy atom. The fourth-order valence-electron chi connectivity index (χ4n) is 0.0833. The number of aliphatic hydroxyl groups excluding tert-OH is 1. The molecule has 0 aliphatic heterocycles. The van der Waals surface area contributed by atoms with E-state index in [1.54, 1.807) is 0 Å². The molecular weight excluding hydrogens is 148 g/mol. The van der Waals surface area contributed by atoms with Crippen LogP contribution in [0.5, 0.6) is 0 Å². The van der Waals surface area contributed by atoms with Crippen molar-refractivity contribution in [1.82, 2.24) is 6.15 Å². The molecule has 11 heavy (non-hydrogen) atoms. The van der Waals surface area contributed by atoms with Gasteiger partial charge in [-0.15, -0.1) is 0 Å². The largest absolute Gasteiger partial charge is 0.466 e. The second kappa shape index (κ2) is 16.0. The number of hydrogen-bond acceptors (Lipinski definition) is 5. The minimum atomic E-state index is -0.394. The second-order valence-corrected chi connectivity index (χ2v) is 1.24. The molecule has 0 saturated carbocycles. The lowest BCUT2D eigenvalue weighted by Gasteiger charge is -1.83. The van der Waals surface area contributed by atoms with Crippen LogP contribution in [0, 0.1) is 0 Å². The zero-order valence-corrected chi connectivity index (χ0v) is 6.75. The van der Waals surface area contributed by atoms with Crippen LogP contribution in [-0.2, 0) is 9.53 Å². The van der Waals surface area contributed by atoms with Gasteiger partial charge in [-0.2, -0.15) is 0 Å². The van der Waals surface area contributed by atoms with E-state index in [1.807, 2.05) is 0 Å². The highest BCUT2D eigenvalue weighted by molar-refractivity contribution is 5.80. The summed E-state index contributed by atoms with van der Waals surface area (Å²) in [5, 5.41) is 7.75. The highest BCUT2D eigenvalue weighted by atomic mass is 16.5. The minimum Gasteiger partial charge on any atom is -0.466 e. The van der Waals surface area contributed by atoms with Gasteiger partial charge in [-0.05, 0) is 0 Å². The lowest BCUT2D eigenvalue weighted by Crippen LogP contribution is -2.02. The average molecular weight is 164 g/mol. The maximum Gasteiger partial charge on any atom is 0.329 e. The van der Waals surface area contributed by atoms with Gasteiger partial charge in [0.2, 0.25) is 0 Å². The van der Waals surface area contributed by atoms with Gasteiger partial charge in [-0.3, -0.25) is 0 Å². The summed E-state index contributed by atoms with van der Waals surface area (Å²) >= 11 is 0. The van der Waals surface area contributed by atoms with Crippen molar-refractivity contribution in [3.05, 3.63) is 12.7 Å². The van der Waals surface area contributed by atoms with Crippen molar-refractivity contribution < 1.29 is 14.6 Å². The maximum atomic E-state index is 9.84. The normalized spacial score (nSPS) is 6.45. The minimum absolute atomic E-state index is 0. The predicted octanol–water partition coefficient (Wildman–Crippen LogP) is -0.555. The number of esters is 1. The Bertz CT molecular complexity index is 93.8. The average Bonchev–Trinajstić information content (AvgIpc) is 2.03. The Balaban J connectivity index is -0.000000114. The van der Waals surface area contributed by atoms with Crippen molar-refractivity contribution >= 4 is 5.97 Å². The predicted molar refractivity (Wildman–Crippen MR) is 43.4 cm³/mol. The van der Waals surface area contributed by atoms with E-state index in [4.69, 9.17) is 10.8 Å². The molecule has 0 saturated heterocycles. The van der Waals surface area contributed by atoms with E-state index in [0.29, 0.717) is 6.54 Å². The molecule has 0 aromatic heterocycles. The molecule has 0 aliphatic carbocycles. The van der Waals surface area contributed by atoms with E-state index in [-0.39, 0.29) is 12.8 Å². The SMILES string of the molecule is C=CC(=O)OC.N.NCCO. The Hall–Kier alpha value is -0.910. The van der Waals surface area contributed by atoms with Gasteiger partial charge in [-0.1, -0.05) is 6.58 Å². The van der Waals surface area contributed by atoms with Gasteiger partial charge in [0.1, 0.15) is 0 Å². The van der Waals surface area contributed by atoms with Crippen LogP contribution in [0.15, 0.2) is 12.7 Å². The number of methoxy groups -OCH3 is 1. The van der Waals surface area contributed by atoms with E-state index in [0.717, 1.165) is 6.08 Å². The van der Waals surface area contributed by atoms with Crippen molar-refractivity contribution in [2.45, 2.75) is 0 Å². The quantitative estimate of drug-likeness (QED) is 0.374. The summed E-state index contributed by atoms with van der Waals surface area (Å²) in [6.07, 6.45) is 1.11. The van der Waals surface area contributed by atoms with Crippen LogP contribution in [0.1, 0.15) is 0 Å². The molecule has 6 N–H and O–H groups in total. The summed E-state index contributed by atoms with van der Waals surface area (Å²) in [6, 6.07) is 0. The van der Waals surface area contributed by atoms with Crippen LogP contribution in [-0.4, -0.2) is 31.3 Å². The summed E-state index contributed by atoms with van der Waals surface area (Å²) in [5.41, 5.74) is 4.78. The van der Waals surface area contributed by atoms with E-state index < -0.39 is 5.97 Å². The van der Waals surface area contributed by atoms with Gasteiger partial charge in [-0.25, -0.2) is 4.79 Å². The number of carbonyl (C=O) groups is 1. The van der Waals surface area contributed by atoms with Gasteiger partial charge in [0.25, 0.3) is 0 Å². The fourth-order valence-corrected chi connectivity index (χ4v) is 0.0833. The van der Waals surface area contributed by atoms with Gasteiger partial charge < -0.3 is 21.7 Å². The molecular formula is C6H16N2O3. The van der Waals surface area contributed by atoms with Crippen molar-refractivity contribution in [2.75, 3.05) is 20.3 Å². The molecule has 0 amide bonds. The lowest BCUT2D eigenvalue weighted by atomic mass is 10.7. The molecule has 0 rings (SSSR count). The first kappa shape index (κ1) is 16.6. The fraction of sp³-hybridized carbons (Fsp3) is 0.500. The number of aliphatic hydroxyl groups is 1. The first-order valence-electron chi connectivity index (χ1n) is 2.74. The molecule has 0 unspecified atom stereocenters. The van der Waals surface area contributed by atoms with E-state index in [9.17, 15) is 4.79 Å². The van der Waals surface area contributed by atoms with Gasteiger partial charge in [0.05, 0.1) is 13.7 Å². The van der Waals surface area contributed by atoms with Crippen LogP contribution in [0.4, 0.5) is 0 Å². The van der Waals surface area contributed by atoms with Gasteiger partial charge in [0, 0.05) is 12.6 Å². The monoisotopic (exact) mass is 164 g/mol. The highest BCUT2D eigenvalue weighted by Gasteiger charge is 1.81. The zero-order valence-electron chi connectivity index (χ0n) is 6.75. The highest BCUT2D eigenvalue weighted by Crippen LogP contribution is 1.67. The van der Waals surface area contributed by atoms with Crippen molar-refractivity contribution in [3.8, 4) is 0 Å². The molecule has 0 atom stereocenters. The number of carbonyl (C=O) groups excluding carboxylic acids is 1. The summed E-state index contributed by atoms with van der Waals surface area (Å²) in [6.45, 7) is 3.63. The molecule has 0 fully saturated rings. The zero-order chi connectivity index (χ0) is 8.41. The van der Waals surface area contributed by atoms with E-state index in [1.165, 1.54) is 7.11 Å². The van der Waals surface area contributed by atoms with Gasteiger partial charge in [0.15, 0.2) is 0 Å². The van der Waals surface area contributed by atoms with E-state index in [2.05, 4.69) is 11.3 Å². The van der Waals surface area contributed by atoms with Crippen LogP contribution in [0.2, 0.25) is 0 Å². The number of rotatable bonds is 2. The summed E-state index contributed by atoms with van der Waals surface area (Å²) in [7, 11) is 1.31. The first-order chi connectivity index (χ1) is 4.72. The van der Waals surface area contributed by atoms with Crippen LogP contribution in [0.3, 0.4) is 0 Å². The van der Waals surface area contributed by atoms with Crippen LogP contribution in [0.25, 0.3) is 0 Å². The Morgan fingerprint density at radius 3 is 2.18 bits per heavy atom. The third kappa shape index (κ3) is 27.3. The Morgan fingerprint density at radius 1 is 1.82 bits per heavy atom. The number of nitrogens with two attached hydrogens (primary N) is 1. The molecule has 68 valence electrons. The summed E-state index contributed by atoms with van der Waals surface area (Å²) in [5.74, 6) is -0.394. The third-order valence-corrected chi connectivity index (χ3v) is 0.497. The molecule has 0 aromatic carbocycles. The van der Waals surface area contributed by atoms with E-state index >= 15 is 0 Å². The lowest BCUT2D eigenvalue weighted by molar-refractivity contribution is -0.134. The molecule has 0 aromatic rings. The van der Waals surface area contributed by atoms with Crippen molar-refractivity contribution in [1.29, 1.82) is 0 Å². The smallest absolute Gasteiger partial charge is 0.329 e. The summed E-state index contributed by atoms with van der Waals surface area (Å²) in [4.78, 5) is 9.84. The molecule has 0 spiro atoms. The van der Waals surface area contributed by atoms with Crippen molar-refractivity contribution in [3.63, 3.8) is 0 Å².